The molecule has 6 rings (SSSR count). The minimum Gasteiger partial charge on any atom is -0.355 e. The molecule has 1 saturated heterocycles. The van der Waals surface area contributed by atoms with Gasteiger partial charge in [0.2, 0.25) is 0 Å². The number of H-pyrrole nitrogens is 1. The summed E-state index contributed by atoms with van der Waals surface area (Å²) in [6.07, 6.45) is 5.16. The topological polar surface area (TPSA) is 102 Å². The Bertz CT molecular complexity index is 1550. The van der Waals surface area contributed by atoms with Crippen LogP contribution >= 0.6 is 0 Å². The fourth-order valence-electron chi connectivity index (χ4n) is 4.95. The number of para-hydroxylation sites is 2. The van der Waals surface area contributed by atoms with Crippen LogP contribution in [-0.2, 0) is 14.1 Å². The summed E-state index contributed by atoms with van der Waals surface area (Å²) in [7, 11) is 3.90. The molecule has 5 heterocycles. The highest BCUT2D eigenvalue weighted by Crippen LogP contribution is 2.32. The summed E-state index contributed by atoms with van der Waals surface area (Å²) in [5, 5.41) is 4.36. The number of aromatic amines is 1. The summed E-state index contributed by atoms with van der Waals surface area (Å²) in [5.74, 6) is 1.67. The highest BCUT2D eigenvalue weighted by molar-refractivity contribution is 5.87. The van der Waals surface area contributed by atoms with Crippen LogP contribution in [0.4, 0.5) is 5.82 Å². The third-order valence-electron chi connectivity index (χ3n) is 6.87. The van der Waals surface area contributed by atoms with Crippen LogP contribution in [0.1, 0.15) is 24.6 Å². The van der Waals surface area contributed by atoms with Crippen LogP contribution in [0.5, 0.6) is 0 Å². The number of anilines is 1. The number of aromatic nitrogens is 8. The van der Waals surface area contributed by atoms with E-state index in [1.807, 2.05) is 65.3 Å². The molecule has 10 nitrogen and oxygen atoms in total. The molecule has 1 fully saturated rings. The van der Waals surface area contributed by atoms with Crippen LogP contribution in [0.15, 0.2) is 41.6 Å². The number of piperidine rings is 1. The second-order valence-corrected chi connectivity index (χ2v) is 8.67. The molecular weight excluding hydrogens is 418 g/mol. The predicted octanol–water partition coefficient (Wildman–Crippen LogP) is 2.56. The lowest BCUT2D eigenvalue weighted by Gasteiger charge is -2.33. The van der Waals surface area contributed by atoms with Crippen molar-refractivity contribution in [3.63, 3.8) is 0 Å². The van der Waals surface area contributed by atoms with Gasteiger partial charge in [0, 0.05) is 38.9 Å². The van der Waals surface area contributed by atoms with E-state index in [0.717, 1.165) is 71.0 Å². The number of nitrogens with one attached hydrogen (secondary N) is 1. The molecule has 4 aromatic heterocycles. The maximum Gasteiger partial charge on any atom is 0.326 e. The van der Waals surface area contributed by atoms with Crippen molar-refractivity contribution in [2.24, 2.45) is 14.1 Å². The number of nitrogens with zero attached hydrogens (tertiary/aromatic N) is 8. The van der Waals surface area contributed by atoms with Gasteiger partial charge in [-0.2, -0.15) is 5.10 Å². The SMILES string of the molecule is Cc1c(-c2nc3c(N4CCC(n5c(=O)[nH]c6ccccc65)CC4)ncnc3n2C)cnn1C. The Morgan fingerprint density at radius 2 is 1.88 bits per heavy atom. The first-order valence-corrected chi connectivity index (χ1v) is 11.1. The maximum atomic E-state index is 12.6. The van der Waals surface area contributed by atoms with Gasteiger partial charge in [0.05, 0.1) is 22.8 Å². The van der Waals surface area contributed by atoms with Crippen molar-refractivity contribution in [1.82, 2.24) is 38.9 Å². The second-order valence-electron chi connectivity index (χ2n) is 8.67. The standard InChI is InChI=1S/C23H25N9O/c1-14-16(12-26-30(14)3)20-28-19-21(29(20)2)24-13-25-22(19)31-10-8-15(9-11-31)32-18-7-5-4-6-17(18)27-23(32)33/h4-7,12-13,15H,8-11H2,1-3H3,(H,27,33). The van der Waals surface area contributed by atoms with Gasteiger partial charge in [-0.3, -0.25) is 9.25 Å². The van der Waals surface area contributed by atoms with E-state index in [0.29, 0.717) is 0 Å². The van der Waals surface area contributed by atoms with E-state index in [9.17, 15) is 4.79 Å². The molecule has 0 aliphatic carbocycles. The number of hydrogen-bond donors (Lipinski definition) is 1. The smallest absolute Gasteiger partial charge is 0.326 e. The fraction of sp³-hybridized carbons (Fsp3) is 0.348. The average molecular weight is 444 g/mol. The van der Waals surface area contributed by atoms with E-state index >= 15 is 0 Å². The number of rotatable bonds is 3. The van der Waals surface area contributed by atoms with Crippen LogP contribution < -0.4 is 10.6 Å². The van der Waals surface area contributed by atoms with Gasteiger partial charge in [0.1, 0.15) is 12.2 Å². The van der Waals surface area contributed by atoms with Crippen molar-refractivity contribution >= 4 is 28.0 Å². The third-order valence-corrected chi connectivity index (χ3v) is 6.87. The van der Waals surface area contributed by atoms with Crippen LogP contribution in [-0.4, -0.2) is 51.9 Å². The molecular formula is C23H25N9O. The molecule has 1 N–H and O–H groups in total. The molecule has 1 aliphatic rings. The molecule has 1 aliphatic heterocycles. The van der Waals surface area contributed by atoms with Crippen molar-refractivity contribution in [3.05, 3.63) is 53.0 Å². The van der Waals surface area contributed by atoms with Crippen molar-refractivity contribution in [2.45, 2.75) is 25.8 Å². The zero-order valence-corrected chi connectivity index (χ0v) is 18.9. The van der Waals surface area contributed by atoms with Gasteiger partial charge in [-0.25, -0.2) is 19.7 Å². The summed E-state index contributed by atoms with van der Waals surface area (Å²) in [4.78, 5) is 31.9. The number of aryl methyl sites for hydroxylation is 2. The van der Waals surface area contributed by atoms with Gasteiger partial charge in [0.15, 0.2) is 17.0 Å². The van der Waals surface area contributed by atoms with Gasteiger partial charge in [0.25, 0.3) is 0 Å². The Labute approximate surface area is 189 Å². The van der Waals surface area contributed by atoms with E-state index in [1.165, 1.54) is 0 Å². The largest absolute Gasteiger partial charge is 0.355 e. The molecule has 0 unspecified atom stereocenters. The lowest BCUT2D eigenvalue weighted by Crippen LogP contribution is -2.37. The van der Waals surface area contributed by atoms with Gasteiger partial charge < -0.3 is 14.5 Å². The molecule has 0 radical (unpaired) electrons. The second kappa shape index (κ2) is 7.29. The van der Waals surface area contributed by atoms with E-state index in [1.54, 1.807) is 6.33 Å². The van der Waals surface area contributed by atoms with Crippen molar-refractivity contribution in [3.8, 4) is 11.4 Å². The monoisotopic (exact) mass is 443 g/mol. The first kappa shape index (κ1) is 19.7. The van der Waals surface area contributed by atoms with Gasteiger partial charge in [-0.1, -0.05) is 12.1 Å². The van der Waals surface area contributed by atoms with Crippen LogP contribution in [0.2, 0.25) is 0 Å². The molecule has 0 atom stereocenters. The van der Waals surface area contributed by atoms with Gasteiger partial charge in [-0.05, 0) is 31.9 Å². The average Bonchev–Trinajstić information content (AvgIpc) is 3.46. The van der Waals surface area contributed by atoms with Crippen LogP contribution in [0.3, 0.4) is 0 Å². The molecule has 10 heteroatoms. The zero-order chi connectivity index (χ0) is 22.7. The van der Waals surface area contributed by atoms with Crippen molar-refractivity contribution in [2.75, 3.05) is 18.0 Å². The quantitative estimate of drug-likeness (QED) is 0.460. The van der Waals surface area contributed by atoms with E-state index in [-0.39, 0.29) is 11.7 Å². The summed E-state index contributed by atoms with van der Waals surface area (Å²) in [6, 6.07) is 8.02. The Balaban J connectivity index is 1.33. The van der Waals surface area contributed by atoms with Gasteiger partial charge in [-0.15, -0.1) is 0 Å². The summed E-state index contributed by atoms with van der Waals surface area (Å²) in [6.45, 7) is 3.62. The molecule has 168 valence electrons. The molecule has 0 spiro atoms. The molecule has 5 aromatic rings. The molecule has 33 heavy (non-hydrogen) atoms. The third kappa shape index (κ3) is 2.97. The minimum absolute atomic E-state index is 0.0414. The number of benzene rings is 1. The Hall–Kier alpha value is -3.95. The molecule has 0 amide bonds. The lowest BCUT2D eigenvalue weighted by molar-refractivity contribution is 0.395. The summed E-state index contributed by atoms with van der Waals surface area (Å²) in [5.41, 5.74) is 5.43. The van der Waals surface area contributed by atoms with E-state index < -0.39 is 0 Å². The van der Waals surface area contributed by atoms with Crippen LogP contribution in [0.25, 0.3) is 33.6 Å². The number of imidazole rings is 2. The molecule has 0 bridgehead atoms. The fourth-order valence-corrected chi connectivity index (χ4v) is 4.95. The highest BCUT2D eigenvalue weighted by Gasteiger charge is 2.27. The van der Waals surface area contributed by atoms with Crippen molar-refractivity contribution < 1.29 is 0 Å². The van der Waals surface area contributed by atoms with Crippen molar-refractivity contribution in [1.29, 1.82) is 0 Å². The van der Waals surface area contributed by atoms with E-state index in [4.69, 9.17) is 4.98 Å². The lowest BCUT2D eigenvalue weighted by atomic mass is 10.0. The minimum atomic E-state index is -0.0414. The normalized spacial score (nSPS) is 15.2. The number of hydrogen-bond acceptors (Lipinski definition) is 6. The van der Waals surface area contributed by atoms with E-state index in [2.05, 4.69) is 25.0 Å². The maximum absolute atomic E-state index is 12.6. The first-order chi connectivity index (χ1) is 16.0. The highest BCUT2D eigenvalue weighted by atomic mass is 16.1. The van der Waals surface area contributed by atoms with Crippen LogP contribution in [0, 0.1) is 6.92 Å². The Morgan fingerprint density at radius 3 is 2.64 bits per heavy atom. The predicted molar refractivity (Wildman–Crippen MR) is 126 cm³/mol. The Morgan fingerprint density at radius 1 is 1.09 bits per heavy atom. The zero-order valence-electron chi connectivity index (χ0n) is 18.9. The first-order valence-electron chi connectivity index (χ1n) is 11.1. The molecule has 0 saturated carbocycles. The summed E-state index contributed by atoms with van der Waals surface area (Å²) >= 11 is 0. The summed E-state index contributed by atoms with van der Waals surface area (Å²) < 4.78 is 5.76. The Kier molecular flexibility index (Phi) is 4.36. The van der Waals surface area contributed by atoms with Gasteiger partial charge >= 0.3 is 5.69 Å². The molecule has 1 aromatic carbocycles. The number of fused-ring (bicyclic) bond motifs is 2.